The van der Waals surface area contributed by atoms with Crippen LogP contribution in [0.5, 0.6) is 0 Å². The predicted molar refractivity (Wildman–Crippen MR) is 40.7 cm³/mol. The first kappa shape index (κ1) is 8.91. The van der Waals surface area contributed by atoms with Gasteiger partial charge in [0.1, 0.15) is 0 Å². The van der Waals surface area contributed by atoms with Crippen molar-refractivity contribution in [3.8, 4) is 0 Å². The number of hydrogen-bond donors (Lipinski definition) is 1. The molecular weight excluding hydrogens is 148 g/mol. The smallest absolute Gasteiger partial charge is 0.250 e. The second-order valence-electron chi connectivity index (χ2n) is 3.46. The summed E-state index contributed by atoms with van der Waals surface area (Å²) in [6, 6.07) is 0.263. The Labute approximate surface area is 66.2 Å². The molecule has 11 heavy (non-hydrogen) atoms. The van der Waals surface area contributed by atoms with Gasteiger partial charge in [-0.3, -0.25) is 0 Å². The highest BCUT2D eigenvalue weighted by atomic mass is 19.3. The van der Waals surface area contributed by atoms with Gasteiger partial charge in [0.25, 0.3) is 6.43 Å². The van der Waals surface area contributed by atoms with Crippen molar-refractivity contribution in [1.29, 1.82) is 0 Å². The molecule has 0 aliphatic heterocycles. The van der Waals surface area contributed by atoms with Crippen LogP contribution < -0.4 is 5.32 Å². The molecule has 0 bridgehead atoms. The molecule has 0 radical (unpaired) electrons. The van der Waals surface area contributed by atoms with Crippen molar-refractivity contribution in [2.24, 2.45) is 11.8 Å². The fourth-order valence-corrected chi connectivity index (χ4v) is 1.47. The molecule has 1 saturated carbocycles. The van der Waals surface area contributed by atoms with Crippen LogP contribution in [0.1, 0.15) is 20.3 Å². The molecule has 0 aromatic heterocycles. The summed E-state index contributed by atoms with van der Waals surface area (Å²) in [5.41, 5.74) is 0. The molecule has 3 atom stereocenters. The minimum absolute atomic E-state index is 0.162. The first-order valence-electron chi connectivity index (χ1n) is 4.12. The molecule has 1 aliphatic carbocycles. The quantitative estimate of drug-likeness (QED) is 0.667. The first-order valence-corrected chi connectivity index (χ1v) is 4.12. The van der Waals surface area contributed by atoms with Gasteiger partial charge in [0.15, 0.2) is 0 Å². The van der Waals surface area contributed by atoms with Crippen LogP contribution in [0.3, 0.4) is 0 Å². The third kappa shape index (κ3) is 2.73. The highest BCUT2D eigenvalue weighted by Gasteiger charge is 2.36. The van der Waals surface area contributed by atoms with Gasteiger partial charge in [-0.1, -0.05) is 6.92 Å². The molecule has 0 heterocycles. The van der Waals surface area contributed by atoms with Crippen molar-refractivity contribution in [2.45, 2.75) is 32.7 Å². The monoisotopic (exact) mass is 163 g/mol. The van der Waals surface area contributed by atoms with Gasteiger partial charge in [0.2, 0.25) is 0 Å². The SMILES string of the molecule is CC1CC1C(C)NCC(F)F. The fraction of sp³-hybridized carbons (Fsp3) is 1.00. The number of alkyl halides is 2. The highest BCUT2D eigenvalue weighted by molar-refractivity contribution is 4.89. The Morgan fingerprint density at radius 2 is 2.09 bits per heavy atom. The molecule has 0 spiro atoms. The second-order valence-corrected chi connectivity index (χ2v) is 3.46. The van der Waals surface area contributed by atoms with E-state index in [9.17, 15) is 8.78 Å². The summed E-state index contributed by atoms with van der Waals surface area (Å²) < 4.78 is 23.4. The molecule has 1 rings (SSSR count). The molecule has 0 saturated heterocycles. The lowest BCUT2D eigenvalue weighted by Crippen LogP contribution is -2.32. The van der Waals surface area contributed by atoms with E-state index in [0.717, 1.165) is 5.92 Å². The summed E-state index contributed by atoms with van der Waals surface area (Å²) in [5, 5.41) is 2.82. The van der Waals surface area contributed by atoms with Gasteiger partial charge in [-0.15, -0.1) is 0 Å². The zero-order valence-electron chi connectivity index (χ0n) is 6.98. The lowest BCUT2D eigenvalue weighted by Gasteiger charge is -2.12. The summed E-state index contributed by atoms with van der Waals surface area (Å²) in [4.78, 5) is 0. The maximum Gasteiger partial charge on any atom is 0.250 e. The van der Waals surface area contributed by atoms with Crippen LogP contribution >= 0.6 is 0 Å². The van der Waals surface area contributed by atoms with Gasteiger partial charge in [-0.25, -0.2) is 8.78 Å². The van der Waals surface area contributed by atoms with Crippen molar-refractivity contribution in [3.05, 3.63) is 0 Å². The maximum atomic E-state index is 11.7. The van der Waals surface area contributed by atoms with E-state index >= 15 is 0 Å². The average molecular weight is 163 g/mol. The lowest BCUT2D eigenvalue weighted by atomic mass is 10.2. The Hall–Kier alpha value is -0.180. The van der Waals surface area contributed by atoms with Gasteiger partial charge in [-0.05, 0) is 25.2 Å². The third-order valence-corrected chi connectivity index (χ3v) is 2.41. The van der Waals surface area contributed by atoms with Crippen LogP contribution in [-0.2, 0) is 0 Å². The van der Waals surface area contributed by atoms with Gasteiger partial charge in [0, 0.05) is 6.04 Å². The number of nitrogens with one attached hydrogen (secondary N) is 1. The Bertz CT molecular complexity index is 127. The van der Waals surface area contributed by atoms with Crippen LogP contribution in [0.15, 0.2) is 0 Å². The fourth-order valence-electron chi connectivity index (χ4n) is 1.47. The summed E-state index contributed by atoms with van der Waals surface area (Å²) in [5.74, 6) is 1.36. The van der Waals surface area contributed by atoms with Gasteiger partial charge in [0.05, 0.1) is 6.54 Å². The zero-order chi connectivity index (χ0) is 8.43. The maximum absolute atomic E-state index is 11.7. The third-order valence-electron chi connectivity index (χ3n) is 2.41. The van der Waals surface area contributed by atoms with Gasteiger partial charge < -0.3 is 5.32 Å². The van der Waals surface area contributed by atoms with Crippen LogP contribution in [-0.4, -0.2) is 19.0 Å². The van der Waals surface area contributed by atoms with E-state index in [4.69, 9.17) is 0 Å². The highest BCUT2D eigenvalue weighted by Crippen LogP contribution is 2.40. The summed E-state index contributed by atoms with van der Waals surface area (Å²) in [7, 11) is 0. The van der Waals surface area contributed by atoms with Gasteiger partial charge in [-0.2, -0.15) is 0 Å². The Balaban J connectivity index is 2.07. The van der Waals surface area contributed by atoms with Gasteiger partial charge >= 0.3 is 0 Å². The number of halogens is 2. The Morgan fingerprint density at radius 1 is 1.55 bits per heavy atom. The van der Waals surface area contributed by atoms with Crippen LogP contribution in [0.4, 0.5) is 8.78 Å². The Kier molecular flexibility index (Phi) is 2.82. The molecule has 1 aliphatic rings. The van der Waals surface area contributed by atoms with Crippen molar-refractivity contribution < 1.29 is 8.78 Å². The molecule has 3 heteroatoms. The van der Waals surface area contributed by atoms with Crippen molar-refractivity contribution in [3.63, 3.8) is 0 Å². The van der Waals surface area contributed by atoms with E-state index in [2.05, 4.69) is 12.2 Å². The molecule has 0 aromatic carbocycles. The van der Waals surface area contributed by atoms with E-state index in [-0.39, 0.29) is 12.6 Å². The van der Waals surface area contributed by atoms with Crippen LogP contribution in [0, 0.1) is 11.8 Å². The molecular formula is C8H15F2N. The minimum Gasteiger partial charge on any atom is -0.309 e. The van der Waals surface area contributed by atoms with Crippen LogP contribution in [0.2, 0.25) is 0 Å². The van der Waals surface area contributed by atoms with Crippen LogP contribution in [0.25, 0.3) is 0 Å². The topological polar surface area (TPSA) is 12.0 Å². The second kappa shape index (κ2) is 3.48. The molecule has 66 valence electrons. The zero-order valence-corrected chi connectivity index (χ0v) is 6.98. The first-order chi connectivity index (χ1) is 5.11. The Morgan fingerprint density at radius 3 is 2.45 bits per heavy atom. The molecule has 1 nitrogen and oxygen atoms in total. The van der Waals surface area contributed by atoms with E-state index in [1.165, 1.54) is 6.42 Å². The average Bonchev–Trinajstić information content (AvgIpc) is 2.61. The predicted octanol–water partition coefficient (Wildman–Crippen LogP) is 1.89. The van der Waals surface area contributed by atoms with Crippen molar-refractivity contribution in [2.75, 3.05) is 6.54 Å². The molecule has 0 amide bonds. The van der Waals surface area contributed by atoms with E-state index in [1.807, 2.05) is 6.92 Å². The summed E-state index contributed by atoms with van der Waals surface area (Å²) >= 11 is 0. The van der Waals surface area contributed by atoms with Crippen molar-refractivity contribution in [1.82, 2.24) is 5.32 Å². The number of rotatable bonds is 4. The molecule has 3 unspecified atom stereocenters. The molecule has 1 fully saturated rings. The summed E-state index contributed by atoms with van der Waals surface area (Å²) in [6.07, 6.45) is -1.02. The molecule has 1 N–H and O–H groups in total. The largest absolute Gasteiger partial charge is 0.309 e. The van der Waals surface area contributed by atoms with E-state index in [0.29, 0.717) is 5.92 Å². The standard InChI is InChI=1S/C8H15F2N/c1-5-3-7(5)6(2)11-4-8(9)10/h5-8,11H,3-4H2,1-2H3. The summed E-state index contributed by atoms with van der Waals surface area (Å²) in [6.45, 7) is 3.98. The number of hydrogen-bond acceptors (Lipinski definition) is 1. The molecule has 0 aromatic rings. The minimum atomic E-state index is -2.22. The lowest BCUT2D eigenvalue weighted by molar-refractivity contribution is 0.140. The van der Waals surface area contributed by atoms with E-state index in [1.54, 1.807) is 0 Å². The normalized spacial score (nSPS) is 32.5. The van der Waals surface area contributed by atoms with E-state index < -0.39 is 6.43 Å². The van der Waals surface area contributed by atoms with Crippen molar-refractivity contribution >= 4 is 0 Å².